The number of rotatable bonds is 2. The van der Waals surface area contributed by atoms with Gasteiger partial charge in [0.1, 0.15) is 11.5 Å². The predicted octanol–water partition coefficient (Wildman–Crippen LogP) is 3.38. The van der Waals surface area contributed by atoms with Gasteiger partial charge in [0.2, 0.25) is 0 Å². The molecule has 0 N–H and O–H groups in total. The molecule has 21 heavy (non-hydrogen) atoms. The zero-order chi connectivity index (χ0) is 14.8. The van der Waals surface area contributed by atoms with Crippen LogP contribution in [0.15, 0.2) is 46.9 Å². The molecule has 0 aromatic heterocycles. The van der Waals surface area contributed by atoms with Crippen molar-refractivity contribution in [3.63, 3.8) is 0 Å². The summed E-state index contributed by atoms with van der Waals surface area (Å²) >= 11 is 3.45. The fourth-order valence-electron chi connectivity index (χ4n) is 2.30. The summed E-state index contributed by atoms with van der Waals surface area (Å²) in [5.74, 6) is 1.40. The van der Waals surface area contributed by atoms with Crippen LogP contribution in [0.3, 0.4) is 0 Å². The zero-order valence-electron chi connectivity index (χ0n) is 11.5. The van der Waals surface area contributed by atoms with Gasteiger partial charge in [-0.1, -0.05) is 22.0 Å². The van der Waals surface area contributed by atoms with Gasteiger partial charge in [-0.25, -0.2) is 0 Å². The predicted molar refractivity (Wildman–Crippen MR) is 83.8 cm³/mol. The molecule has 1 amide bonds. The summed E-state index contributed by atoms with van der Waals surface area (Å²) in [6.45, 7) is 0.507. The molecule has 2 aromatic rings. The number of anilines is 1. The number of fused-ring (bicyclic) bond motifs is 1. The van der Waals surface area contributed by atoms with Crippen LogP contribution in [0.5, 0.6) is 11.5 Å². The first-order valence-corrected chi connectivity index (χ1v) is 7.32. The van der Waals surface area contributed by atoms with Crippen LogP contribution < -0.4 is 14.4 Å². The summed E-state index contributed by atoms with van der Waals surface area (Å²) in [4.78, 5) is 14.0. The molecule has 5 heteroatoms. The first-order chi connectivity index (χ1) is 10.2. The molecule has 0 fully saturated rings. The van der Waals surface area contributed by atoms with Crippen molar-refractivity contribution in [2.24, 2.45) is 0 Å². The van der Waals surface area contributed by atoms with Crippen LogP contribution in [0.1, 0.15) is 5.56 Å². The second-order valence-electron chi connectivity index (χ2n) is 4.72. The van der Waals surface area contributed by atoms with E-state index in [0.29, 0.717) is 6.54 Å². The smallest absolute Gasteiger partial charge is 0.265 e. The Morgan fingerprint density at radius 1 is 1.24 bits per heavy atom. The average Bonchev–Trinajstić information content (AvgIpc) is 2.66. The standard InChI is InChI=1S/C16H14BrNO3/c1-20-14-4-2-3-13(8-14)18-9-11-7-12(17)5-6-15(11)21-10-16(18)19/h2-8H,9-10H2,1H3. The second kappa shape index (κ2) is 5.77. The minimum Gasteiger partial charge on any atom is -0.497 e. The molecule has 0 saturated carbocycles. The Morgan fingerprint density at radius 3 is 2.90 bits per heavy atom. The van der Waals surface area contributed by atoms with Crippen molar-refractivity contribution in [3.05, 3.63) is 52.5 Å². The average molecular weight is 348 g/mol. The van der Waals surface area contributed by atoms with E-state index in [1.54, 1.807) is 12.0 Å². The SMILES string of the molecule is COc1cccc(N2Cc3cc(Br)ccc3OCC2=O)c1. The molecule has 1 heterocycles. The summed E-state index contributed by atoms with van der Waals surface area (Å²) < 4.78 is 11.8. The van der Waals surface area contributed by atoms with Crippen molar-refractivity contribution in [1.82, 2.24) is 0 Å². The number of nitrogens with zero attached hydrogens (tertiary/aromatic N) is 1. The number of benzene rings is 2. The van der Waals surface area contributed by atoms with E-state index in [1.165, 1.54) is 0 Å². The summed E-state index contributed by atoms with van der Waals surface area (Å²) in [6, 6.07) is 13.2. The largest absolute Gasteiger partial charge is 0.497 e. The lowest BCUT2D eigenvalue weighted by Gasteiger charge is -2.20. The number of hydrogen-bond donors (Lipinski definition) is 0. The number of amides is 1. The third-order valence-corrected chi connectivity index (χ3v) is 3.86. The Hall–Kier alpha value is -2.01. The maximum atomic E-state index is 12.3. The summed E-state index contributed by atoms with van der Waals surface area (Å²) in [5.41, 5.74) is 1.77. The van der Waals surface area contributed by atoms with Crippen molar-refractivity contribution < 1.29 is 14.3 Å². The van der Waals surface area contributed by atoms with Gasteiger partial charge in [-0.3, -0.25) is 4.79 Å². The highest BCUT2D eigenvalue weighted by molar-refractivity contribution is 9.10. The number of carbonyl (C=O) groups excluding carboxylic acids is 1. The van der Waals surface area contributed by atoms with E-state index in [9.17, 15) is 4.79 Å². The molecule has 0 spiro atoms. The first-order valence-electron chi connectivity index (χ1n) is 6.53. The minimum absolute atomic E-state index is 0.0336. The van der Waals surface area contributed by atoms with Gasteiger partial charge in [0, 0.05) is 21.8 Å². The van der Waals surface area contributed by atoms with Crippen LogP contribution in [0.4, 0.5) is 5.69 Å². The minimum atomic E-state index is -0.0735. The van der Waals surface area contributed by atoms with Crippen LogP contribution in [0, 0.1) is 0 Å². The molecule has 108 valence electrons. The van der Waals surface area contributed by atoms with Crippen molar-refractivity contribution in [1.29, 1.82) is 0 Å². The number of carbonyl (C=O) groups is 1. The Morgan fingerprint density at radius 2 is 2.10 bits per heavy atom. The molecule has 0 radical (unpaired) electrons. The van der Waals surface area contributed by atoms with E-state index in [2.05, 4.69) is 15.9 Å². The second-order valence-corrected chi connectivity index (χ2v) is 5.64. The number of halogens is 1. The van der Waals surface area contributed by atoms with Gasteiger partial charge in [-0.15, -0.1) is 0 Å². The van der Waals surface area contributed by atoms with Gasteiger partial charge in [-0.2, -0.15) is 0 Å². The maximum absolute atomic E-state index is 12.3. The highest BCUT2D eigenvalue weighted by Gasteiger charge is 2.23. The molecule has 3 rings (SSSR count). The number of methoxy groups -OCH3 is 1. The molecule has 0 bridgehead atoms. The molecule has 0 saturated heterocycles. The third-order valence-electron chi connectivity index (χ3n) is 3.37. The maximum Gasteiger partial charge on any atom is 0.265 e. The quantitative estimate of drug-likeness (QED) is 0.835. The van der Waals surface area contributed by atoms with Crippen molar-refractivity contribution >= 4 is 27.5 Å². The molecule has 0 aliphatic carbocycles. The Kier molecular flexibility index (Phi) is 3.84. The fourth-order valence-corrected chi connectivity index (χ4v) is 2.71. The van der Waals surface area contributed by atoms with Gasteiger partial charge in [-0.05, 0) is 30.3 Å². The van der Waals surface area contributed by atoms with E-state index >= 15 is 0 Å². The van der Waals surface area contributed by atoms with E-state index in [4.69, 9.17) is 9.47 Å². The van der Waals surface area contributed by atoms with Crippen molar-refractivity contribution in [2.45, 2.75) is 6.54 Å². The first kappa shape index (κ1) is 13.9. The number of hydrogen-bond acceptors (Lipinski definition) is 3. The molecule has 1 aliphatic rings. The highest BCUT2D eigenvalue weighted by atomic mass is 79.9. The topological polar surface area (TPSA) is 38.8 Å². The lowest BCUT2D eigenvalue weighted by molar-refractivity contribution is -0.120. The monoisotopic (exact) mass is 347 g/mol. The van der Waals surface area contributed by atoms with Crippen LogP contribution >= 0.6 is 15.9 Å². The molecular formula is C16H14BrNO3. The van der Waals surface area contributed by atoms with Crippen molar-refractivity contribution in [2.75, 3.05) is 18.6 Å². The van der Waals surface area contributed by atoms with E-state index in [-0.39, 0.29) is 12.5 Å². The molecule has 2 aromatic carbocycles. The summed E-state index contributed by atoms with van der Waals surface area (Å²) in [7, 11) is 1.61. The lowest BCUT2D eigenvalue weighted by Crippen LogP contribution is -2.32. The Balaban J connectivity index is 1.99. The van der Waals surface area contributed by atoms with Gasteiger partial charge < -0.3 is 14.4 Å². The van der Waals surface area contributed by atoms with Crippen LogP contribution in [-0.4, -0.2) is 19.6 Å². The molecule has 0 unspecified atom stereocenters. The normalized spacial score (nSPS) is 14.2. The molecule has 4 nitrogen and oxygen atoms in total. The van der Waals surface area contributed by atoms with Crippen LogP contribution in [-0.2, 0) is 11.3 Å². The summed E-state index contributed by atoms with van der Waals surface area (Å²) in [5, 5.41) is 0. The number of ether oxygens (including phenoxy) is 2. The van der Waals surface area contributed by atoms with Gasteiger partial charge >= 0.3 is 0 Å². The van der Waals surface area contributed by atoms with Crippen LogP contribution in [0.25, 0.3) is 0 Å². The highest BCUT2D eigenvalue weighted by Crippen LogP contribution is 2.30. The lowest BCUT2D eigenvalue weighted by atomic mass is 10.1. The van der Waals surface area contributed by atoms with Gasteiger partial charge in [0.05, 0.1) is 13.7 Å². The fraction of sp³-hybridized carbons (Fsp3) is 0.188. The summed E-state index contributed by atoms with van der Waals surface area (Å²) in [6.07, 6.45) is 0. The molecule has 0 atom stereocenters. The third kappa shape index (κ3) is 2.88. The van der Waals surface area contributed by atoms with Crippen LogP contribution in [0.2, 0.25) is 0 Å². The van der Waals surface area contributed by atoms with Crippen molar-refractivity contribution in [3.8, 4) is 11.5 Å². The van der Waals surface area contributed by atoms with E-state index in [0.717, 1.165) is 27.2 Å². The molecule has 1 aliphatic heterocycles. The Labute approximate surface area is 131 Å². The van der Waals surface area contributed by atoms with Gasteiger partial charge in [0.15, 0.2) is 6.61 Å². The van der Waals surface area contributed by atoms with E-state index in [1.807, 2.05) is 42.5 Å². The van der Waals surface area contributed by atoms with E-state index < -0.39 is 0 Å². The molecular weight excluding hydrogens is 334 g/mol. The zero-order valence-corrected chi connectivity index (χ0v) is 13.1. The Bertz CT molecular complexity index is 687. The van der Waals surface area contributed by atoms with Gasteiger partial charge in [0.25, 0.3) is 5.91 Å².